The summed E-state index contributed by atoms with van der Waals surface area (Å²) in [5.74, 6) is 1.32. The predicted molar refractivity (Wildman–Crippen MR) is 112 cm³/mol. The number of nitrogens with one attached hydrogen (secondary N) is 2. The predicted octanol–water partition coefficient (Wildman–Crippen LogP) is 1.90. The molecule has 6 nitrogen and oxygen atoms in total. The molecule has 1 aliphatic heterocycles. The van der Waals surface area contributed by atoms with Crippen LogP contribution in [0, 0.1) is 0 Å². The first-order chi connectivity index (χ1) is 10.8. The molecular formula is C16H34IN3O3S. The second-order valence-corrected chi connectivity index (χ2v) is 9.11. The van der Waals surface area contributed by atoms with Gasteiger partial charge in [0.2, 0.25) is 0 Å². The Labute approximate surface area is 166 Å². The minimum atomic E-state index is -0.877. The molecule has 24 heavy (non-hydrogen) atoms. The molecule has 0 spiro atoms. The zero-order chi connectivity index (χ0) is 17.3. The van der Waals surface area contributed by atoms with Crippen LogP contribution in [0.2, 0.25) is 0 Å². The number of nitrogens with zero attached hydrogens (tertiary/aromatic N) is 1. The highest BCUT2D eigenvalue weighted by molar-refractivity contribution is 14.0. The van der Waals surface area contributed by atoms with Crippen LogP contribution in [0.5, 0.6) is 0 Å². The zero-order valence-corrected chi connectivity index (χ0v) is 18.7. The van der Waals surface area contributed by atoms with Crippen molar-refractivity contribution in [3.63, 3.8) is 0 Å². The number of hydrogen-bond acceptors (Lipinski definition) is 4. The Morgan fingerprint density at radius 3 is 2.71 bits per heavy atom. The molecule has 0 amide bonds. The smallest absolute Gasteiger partial charge is 0.191 e. The van der Waals surface area contributed by atoms with E-state index in [4.69, 9.17) is 9.47 Å². The Bertz CT molecular complexity index is 397. The summed E-state index contributed by atoms with van der Waals surface area (Å²) < 4.78 is 23.0. The average Bonchev–Trinajstić information content (AvgIpc) is 2.97. The molecule has 0 radical (unpaired) electrons. The molecule has 2 N–H and O–H groups in total. The third-order valence-corrected chi connectivity index (χ3v) is 5.35. The van der Waals surface area contributed by atoms with Gasteiger partial charge in [-0.3, -0.25) is 9.20 Å². The second-order valence-electron chi connectivity index (χ2n) is 6.79. The van der Waals surface area contributed by atoms with Crippen LogP contribution in [0.15, 0.2) is 4.99 Å². The van der Waals surface area contributed by atoms with Gasteiger partial charge in [-0.2, -0.15) is 0 Å². The van der Waals surface area contributed by atoms with Crippen molar-refractivity contribution in [2.45, 2.75) is 57.9 Å². The zero-order valence-electron chi connectivity index (χ0n) is 15.6. The quantitative estimate of drug-likeness (QED) is 0.319. The third kappa shape index (κ3) is 10.1. The van der Waals surface area contributed by atoms with Crippen LogP contribution in [0.4, 0.5) is 0 Å². The van der Waals surface area contributed by atoms with Gasteiger partial charge in [-0.05, 0) is 41.0 Å². The van der Waals surface area contributed by atoms with Crippen molar-refractivity contribution in [1.29, 1.82) is 0 Å². The summed E-state index contributed by atoms with van der Waals surface area (Å²) in [6.07, 6.45) is 1.19. The largest absolute Gasteiger partial charge is 0.379 e. The molecule has 1 fully saturated rings. The van der Waals surface area contributed by atoms with Gasteiger partial charge >= 0.3 is 0 Å². The summed E-state index contributed by atoms with van der Waals surface area (Å²) in [6, 6.07) is 0.154. The molecule has 144 valence electrons. The van der Waals surface area contributed by atoms with E-state index in [0.717, 1.165) is 25.5 Å². The van der Waals surface area contributed by atoms with Gasteiger partial charge in [0.25, 0.3) is 0 Å². The molecule has 1 aliphatic rings. The van der Waals surface area contributed by atoms with Crippen LogP contribution >= 0.6 is 24.0 Å². The molecular weight excluding hydrogens is 441 g/mol. The van der Waals surface area contributed by atoms with Gasteiger partial charge in [-0.1, -0.05) is 0 Å². The topological polar surface area (TPSA) is 72.0 Å². The molecule has 1 heterocycles. The van der Waals surface area contributed by atoms with Gasteiger partial charge in [-0.15, -0.1) is 24.0 Å². The SMILES string of the molecule is CCNC(=NCCS(=O)C(C)(C)C)NC(C)COC1CCOC1.I. The van der Waals surface area contributed by atoms with Gasteiger partial charge in [0, 0.05) is 40.5 Å². The van der Waals surface area contributed by atoms with E-state index in [1.807, 2.05) is 27.7 Å². The van der Waals surface area contributed by atoms with E-state index < -0.39 is 10.8 Å². The van der Waals surface area contributed by atoms with E-state index >= 15 is 0 Å². The van der Waals surface area contributed by atoms with Crippen LogP contribution in [0.3, 0.4) is 0 Å². The summed E-state index contributed by atoms with van der Waals surface area (Å²) in [5.41, 5.74) is 0. The molecule has 1 rings (SSSR count). The van der Waals surface area contributed by atoms with Crippen molar-refractivity contribution in [1.82, 2.24) is 10.6 Å². The number of guanidine groups is 1. The molecule has 1 saturated heterocycles. The van der Waals surface area contributed by atoms with E-state index in [1.54, 1.807) is 0 Å². The van der Waals surface area contributed by atoms with E-state index in [0.29, 0.717) is 25.5 Å². The van der Waals surface area contributed by atoms with Crippen LogP contribution in [0.25, 0.3) is 0 Å². The van der Waals surface area contributed by atoms with Crippen LogP contribution in [0.1, 0.15) is 41.0 Å². The summed E-state index contributed by atoms with van der Waals surface area (Å²) in [4.78, 5) is 4.51. The minimum absolute atomic E-state index is 0. The Morgan fingerprint density at radius 1 is 1.46 bits per heavy atom. The van der Waals surface area contributed by atoms with E-state index in [9.17, 15) is 4.21 Å². The van der Waals surface area contributed by atoms with Crippen molar-refractivity contribution in [2.24, 2.45) is 4.99 Å². The Morgan fingerprint density at radius 2 is 2.17 bits per heavy atom. The number of aliphatic imine (C=N–C) groups is 1. The molecule has 3 unspecified atom stereocenters. The molecule has 0 bridgehead atoms. The highest BCUT2D eigenvalue weighted by Crippen LogP contribution is 2.11. The van der Waals surface area contributed by atoms with Gasteiger partial charge in [0.05, 0.1) is 25.9 Å². The summed E-state index contributed by atoms with van der Waals surface area (Å²) >= 11 is 0. The molecule has 0 aromatic carbocycles. The maximum Gasteiger partial charge on any atom is 0.191 e. The Balaban J connectivity index is 0.00000529. The lowest BCUT2D eigenvalue weighted by Gasteiger charge is -2.20. The Kier molecular flexibility index (Phi) is 12.5. The monoisotopic (exact) mass is 475 g/mol. The first-order valence-electron chi connectivity index (χ1n) is 8.45. The first-order valence-corrected chi connectivity index (χ1v) is 9.77. The lowest BCUT2D eigenvalue weighted by Crippen LogP contribution is -2.44. The fourth-order valence-corrected chi connectivity index (χ4v) is 2.94. The maximum absolute atomic E-state index is 12.0. The van der Waals surface area contributed by atoms with Crippen LogP contribution in [-0.2, 0) is 20.3 Å². The number of halogens is 1. The molecule has 0 saturated carbocycles. The van der Waals surface area contributed by atoms with Crippen LogP contribution in [-0.4, -0.2) is 65.7 Å². The van der Waals surface area contributed by atoms with Crippen molar-refractivity contribution < 1.29 is 13.7 Å². The van der Waals surface area contributed by atoms with Crippen molar-refractivity contribution in [3.05, 3.63) is 0 Å². The summed E-state index contributed by atoms with van der Waals surface area (Å²) in [6.45, 7) is 13.5. The summed E-state index contributed by atoms with van der Waals surface area (Å²) in [5, 5.41) is 6.54. The van der Waals surface area contributed by atoms with Crippen molar-refractivity contribution >= 4 is 40.7 Å². The number of ether oxygens (including phenoxy) is 2. The van der Waals surface area contributed by atoms with E-state index in [-0.39, 0.29) is 40.9 Å². The highest BCUT2D eigenvalue weighted by Gasteiger charge is 2.19. The van der Waals surface area contributed by atoms with E-state index in [1.165, 1.54) is 0 Å². The average molecular weight is 475 g/mol. The van der Waals surface area contributed by atoms with Crippen LogP contribution < -0.4 is 10.6 Å². The first kappa shape index (κ1) is 24.1. The van der Waals surface area contributed by atoms with Gasteiger partial charge in [0.15, 0.2) is 5.96 Å². The molecule has 0 aromatic rings. The highest BCUT2D eigenvalue weighted by atomic mass is 127. The standard InChI is InChI=1S/C16H33N3O3S.HI/c1-6-17-15(18-8-10-23(20)16(3,4)5)19-13(2)11-22-14-7-9-21-12-14;/h13-14H,6-12H2,1-5H3,(H2,17,18,19);1H. The molecule has 3 atom stereocenters. The molecule has 0 aromatic heterocycles. The number of rotatable bonds is 8. The molecule has 0 aliphatic carbocycles. The molecule has 8 heteroatoms. The lowest BCUT2D eigenvalue weighted by molar-refractivity contribution is 0.0347. The lowest BCUT2D eigenvalue weighted by atomic mass is 10.3. The van der Waals surface area contributed by atoms with E-state index in [2.05, 4.69) is 22.5 Å². The van der Waals surface area contributed by atoms with Gasteiger partial charge in [0.1, 0.15) is 0 Å². The maximum atomic E-state index is 12.0. The van der Waals surface area contributed by atoms with Gasteiger partial charge in [-0.25, -0.2) is 0 Å². The number of hydrogen-bond donors (Lipinski definition) is 2. The Hall–Kier alpha value is 0.0700. The van der Waals surface area contributed by atoms with Crippen molar-refractivity contribution in [3.8, 4) is 0 Å². The third-order valence-electron chi connectivity index (χ3n) is 3.43. The minimum Gasteiger partial charge on any atom is -0.379 e. The van der Waals surface area contributed by atoms with Gasteiger partial charge < -0.3 is 20.1 Å². The second kappa shape index (κ2) is 12.4. The summed E-state index contributed by atoms with van der Waals surface area (Å²) in [7, 11) is -0.877. The fourth-order valence-electron chi connectivity index (χ4n) is 2.07. The fraction of sp³-hybridized carbons (Fsp3) is 0.938. The normalized spacial score (nSPS) is 21.0. The van der Waals surface area contributed by atoms with Crippen molar-refractivity contribution in [2.75, 3.05) is 38.7 Å².